The van der Waals surface area contributed by atoms with Gasteiger partial charge in [-0.2, -0.15) is 5.11 Å². The number of benzene rings is 3. The van der Waals surface area contributed by atoms with E-state index in [1.807, 2.05) is 42.5 Å². The SMILES string of the molecule is O=C1NC(=O)/C(=C/c2cc(N=Nc3cccc4ccccc34)ccc2O)S1. The minimum absolute atomic E-state index is 0.0145. The van der Waals surface area contributed by atoms with Crippen molar-refractivity contribution < 1.29 is 14.7 Å². The lowest BCUT2D eigenvalue weighted by molar-refractivity contribution is -0.115. The van der Waals surface area contributed by atoms with E-state index in [4.69, 9.17) is 0 Å². The highest BCUT2D eigenvalue weighted by molar-refractivity contribution is 8.18. The molecule has 3 aromatic rings. The number of amides is 2. The molecule has 1 aliphatic rings. The van der Waals surface area contributed by atoms with E-state index in [2.05, 4.69) is 15.5 Å². The minimum Gasteiger partial charge on any atom is -0.507 e. The zero-order valence-electron chi connectivity index (χ0n) is 13.9. The third kappa shape index (κ3) is 3.58. The van der Waals surface area contributed by atoms with Crippen LogP contribution in [0.3, 0.4) is 0 Å². The molecule has 4 rings (SSSR count). The molecule has 0 aromatic heterocycles. The molecule has 0 saturated carbocycles. The van der Waals surface area contributed by atoms with Gasteiger partial charge in [-0.15, -0.1) is 5.11 Å². The summed E-state index contributed by atoms with van der Waals surface area (Å²) >= 11 is 0.791. The molecule has 132 valence electrons. The van der Waals surface area contributed by atoms with E-state index < -0.39 is 11.1 Å². The van der Waals surface area contributed by atoms with Crippen molar-refractivity contribution in [2.75, 3.05) is 0 Å². The Morgan fingerprint density at radius 2 is 1.78 bits per heavy atom. The van der Waals surface area contributed by atoms with Crippen LogP contribution < -0.4 is 5.32 Å². The van der Waals surface area contributed by atoms with Gasteiger partial charge in [-0.25, -0.2) is 0 Å². The molecule has 0 spiro atoms. The lowest BCUT2D eigenvalue weighted by Gasteiger charge is -2.02. The van der Waals surface area contributed by atoms with Gasteiger partial charge in [-0.05, 0) is 47.5 Å². The lowest BCUT2D eigenvalue weighted by atomic mass is 10.1. The van der Waals surface area contributed by atoms with Crippen molar-refractivity contribution >= 4 is 51.1 Å². The summed E-state index contributed by atoms with van der Waals surface area (Å²) in [6.07, 6.45) is 1.46. The van der Waals surface area contributed by atoms with Crippen LogP contribution in [-0.4, -0.2) is 16.3 Å². The smallest absolute Gasteiger partial charge is 0.290 e. The first-order valence-corrected chi connectivity index (χ1v) is 8.89. The average molecular weight is 375 g/mol. The molecule has 3 aromatic carbocycles. The highest BCUT2D eigenvalue weighted by Gasteiger charge is 2.25. The quantitative estimate of drug-likeness (QED) is 0.481. The molecule has 2 N–H and O–H groups in total. The molecule has 0 radical (unpaired) electrons. The van der Waals surface area contributed by atoms with Crippen molar-refractivity contribution in [3.8, 4) is 5.75 Å². The Labute approximate surface area is 158 Å². The Morgan fingerprint density at radius 1 is 0.963 bits per heavy atom. The summed E-state index contributed by atoms with van der Waals surface area (Å²) in [4.78, 5) is 23.2. The Morgan fingerprint density at radius 3 is 2.59 bits per heavy atom. The van der Waals surface area contributed by atoms with Gasteiger partial charge in [-0.3, -0.25) is 14.9 Å². The molecule has 1 heterocycles. The fraction of sp³-hybridized carbons (Fsp3) is 0. The number of fused-ring (bicyclic) bond motifs is 1. The number of hydrogen-bond acceptors (Lipinski definition) is 6. The topological polar surface area (TPSA) is 91.1 Å². The first-order valence-electron chi connectivity index (χ1n) is 8.07. The molecule has 27 heavy (non-hydrogen) atoms. The molecule has 1 fully saturated rings. The first-order chi connectivity index (χ1) is 13.1. The van der Waals surface area contributed by atoms with Gasteiger partial charge >= 0.3 is 0 Å². The number of azo groups is 1. The number of carbonyl (C=O) groups excluding carboxylic acids is 2. The van der Waals surface area contributed by atoms with Gasteiger partial charge in [0.25, 0.3) is 11.1 Å². The molecular formula is C20H13N3O3S. The fourth-order valence-electron chi connectivity index (χ4n) is 2.69. The van der Waals surface area contributed by atoms with E-state index in [1.165, 1.54) is 12.1 Å². The van der Waals surface area contributed by atoms with E-state index in [0.717, 1.165) is 28.2 Å². The van der Waals surface area contributed by atoms with Crippen molar-refractivity contribution in [1.29, 1.82) is 0 Å². The lowest BCUT2D eigenvalue weighted by Crippen LogP contribution is -2.17. The van der Waals surface area contributed by atoms with Crippen molar-refractivity contribution in [1.82, 2.24) is 5.32 Å². The number of hydrogen-bond donors (Lipinski definition) is 2. The Kier molecular flexibility index (Phi) is 4.43. The summed E-state index contributed by atoms with van der Waals surface area (Å²) in [7, 11) is 0. The maximum atomic E-state index is 11.7. The van der Waals surface area contributed by atoms with Gasteiger partial charge in [0.05, 0.1) is 16.3 Å². The van der Waals surface area contributed by atoms with Crippen LogP contribution in [0.5, 0.6) is 5.75 Å². The highest BCUT2D eigenvalue weighted by Crippen LogP contribution is 2.32. The van der Waals surface area contributed by atoms with Crippen LogP contribution in [0.2, 0.25) is 0 Å². The summed E-state index contributed by atoms with van der Waals surface area (Å²) in [5, 5.41) is 22.4. The van der Waals surface area contributed by atoms with Gasteiger partial charge in [0, 0.05) is 10.9 Å². The predicted octanol–water partition coefficient (Wildman–Crippen LogP) is 5.28. The van der Waals surface area contributed by atoms with Crippen molar-refractivity contribution in [3.63, 3.8) is 0 Å². The summed E-state index contributed by atoms with van der Waals surface area (Å²) < 4.78 is 0. The maximum Gasteiger partial charge on any atom is 0.290 e. The standard InChI is InChI=1S/C20H13N3O3S/c24-17-9-8-14(10-13(17)11-18-19(25)21-20(26)27-18)22-23-16-7-3-5-12-4-1-2-6-15(12)16/h1-11,24H,(H,21,25,26)/b18-11-,23-22?. The number of rotatable bonds is 3. The van der Waals surface area contributed by atoms with Crippen LogP contribution in [0, 0.1) is 0 Å². The number of phenols is 1. The largest absolute Gasteiger partial charge is 0.507 e. The van der Waals surface area contributed by atoms with Crippen molar-refractivity contribution in [2.45, 2.75) is 0 Å². The number of nitrogens with zero attached hydrogens (tertiary/aromatic N) is 2. The molecule has 1 saturated heterocycles. The Balaban J connectivity index is 1.67. The van der Waals surface area contributed by atoms with Crippen molar-refractivity contribution in [3.05, 3.63) is 71.1 Å². The zero-order valence-corrected chi connectivity index (χ0v) is 14.7. The monoisotopic (exact) mass is 375 g/mol. The molecule has 0 aliphatic carbocycles. The molecular weight excluding hydrogens is 362 g/mol. The Hall–Kier alpha value is -3.45. The molecule has 0 unspecified atom stereocenters. The zero-order chi connectivity index (χ0) is 18.8. The van der Waals surface area contributed by atoms with E-state index in [9.17, 15) is 14.7 Å². The van der Waals surface area contributed by atoms with Gasteiger partial charge in [-0.1, -0.05) is 36.4 Å². The molecule has 0 atom stereocenters. The first kappa shape index (κ1) is 17.0. The Bertz CT molecular complexity index is 1130. The van der Waals surface area contributed by atoms with E-state index in [1.54, 1.807) is 12.1 Å². The van der Waals surface area contributed by atoms with Gasteiger partial charge < -0.3 is 5.11 Å². The van der Waals surface area contributed by atoms with Crippen LogP contribution in [0.15, 0.2) is 75.8 Å². The molecule has 0 bridgehead atoms. The van der Waals surface area contributed by atoms with Crippen LogP contribution >= 0.6 is 11.8 Å². The fourth-order valence-corrected chi connectivity index (χ4v) is 3.36. The number of phenolic OH excluding ortho intramolecular Hbond substituents is 1. The summed E-state index contributed by atoms with van der Waals surface area (Å²) in [5.74, 6) is -0.494. The van der Waals surface area contributed by atoms with Crippen LogP contribution in [0.25, 0.3) is 16.8 Å². The second-order valence-corrected chi connectivity index (χ2v) is 6.81. The van der Waals surface area contributed by atoms with E-state index in [-0.39, 0.29) is 10.7 Å². The summed E-state index contributed by atoms with van der Waals surface area (Å²) in [6.45, 7) is 0. The number of nitrogens with one attached hydrogen (secondary N) is 1. The number of aromatic hydroxyl groups is 1. The third-order valence-corrected chi connectivity index (χ3v) is 4.79. The predicted molar refractivity (Wildman–Crippen MR) is 105 cm³/mol. The van der Waals surface area contributed by atoms with Crippen LogP contribution in [-0.2, 0) is 4.79 Å². The van der Waals surface area contributed by atoms with Crippen molar-refractivity contribution in [2.24, 2.45) is 10.2 Å². The second kappa shape index (κ2) is 7.05. The minimum atomic E-state index is -0.479. The van der Waals surface area contributed by atoms with E-state index in [0.29, 0.717) is 11.3 Å². The van der Waals surface area contributed by atoms with Crippen LogP contribution in [0.4, 0.5) is 16.2 Å². The number of imide groups is 1. The summed E-state index contributed by atoms with van der Waals surface area (Å²) in [5.41, 5.74) is 1.64. The van der Waals surface area contributed by atoms with Gasteiger partial charge in [0.2, 0.25) is 0 Å². The number of thioether (sulfide) groups is 1. The molecule has 1 aliphatic heterocycles. The number of carbonyl (C=O) groups is 2. The maximum absolute atomic E-state index is 11.7. The van der Waals surface area contributed by atoms with Gasteiger partial charge in [0.1, 0.15) is 5.75 Å². The van der Waals surface area contributed by atoms with E-state index >= 15 is 0 Å². The molecule has 6 nitrogen and oxygen atoms in total. The third-order valence-electron chi connectivity index (χ3n) is 3.98. The summed E-state index contributed by atoms with van der Waals surface area (Å²) in [6, 6.07) is 18.4. The van der Waals surface area contributed by atoms with Crippen LogP contribution in [0.1, 0.15) is 5.56 Å². The molecule has 2 amide bonds. The average Bonchev–Trinajstić information content (AvgIpc) is 2.99. The normalized spacial score (nSPS) is 15.8. The van der Waals surface area contributed by atoms with Gasteiger partial charge in [0.15, 0.2) is 0 Å². The molecule has 7 heteroatoms. The second-order valence-electron chi connectivity index (χ2n) is 5.79. The highest BCUT2D eigenvalue weighted by atomic mass is 32.2.